The topological polar surface area (TPSA) is 68.3 Å². The van der Waals surface area contributed by atoms with Crippen LogP contribution in [-0.4, -0.2) is 53.6 Å². The number of nitrogens with zero attached hydrogens (tertiary/aromatic N) is 3. The maximum Gasteiger partial charge on any atom is 0.0872 e. The highest BCUT2D eigenvalue weighted by atomic mass is 16.5. The molecule has 0 amide bonds. The molecule has 6 heteroatoms. The Morgan fingerprint density at radius 3 is 3.00 bits per heavy atom. The Labute approximate surface area is 126 Å². The zero-order valence-electron chi connectivity index (χ0n) is 12.9. The summed E-state index contributed by atoms with van der Waals surface area (Å²) in [6.45, 7) is 2.68. The van der Waals surface area contributed by atoms with Gasteiger partial charge in [0, 0.05) is 25.7 Å². The number of hydrazine groups is 1. The summed E-state index contributed by atoms with van der Waals surface area (Å²) in [6, 6.07) is 2.83. The summed E-state index contributed by atoms with van der Waals surface area (Å²) >= 11 is 0. The standard InChI is InChI=1S/C15H27N5O/c1-19-8-9-21-15(11-19)14(17-16)10-12-6-7-20(18-12)13-4-2-3-5-13/h6-7,13-15,17H,2-5,8-11,16H2,1H3. The van der Waals surface area contributed by atoms with Gasteiger partial charge >= 0.3 is 0 Å². The fourth-order valence-electron chi connectivity index (χ4n) is 3.44. The second-order valence-corrected chi connectivity index (χ2v) is 6.37. The second kappa shape index (κ2) is 6.87. The minimum atomic E-state index is 0.111. The van der Waals surface area contributed by atoms with Crippen molar-refractivity contribution >= 4 is 0 Å². The van der Waals surface area contributed by atoms with E-state index in [-0.39, 0.29) is 12.1 Å². The molecule has 6 nitrogen and oxygen atoms in total. The molecule has 1 aromatic heterocycles. The van der Waals surface area contributed by atoms with Gasteiger partial charge in [-0.05, 0) is 26.0 Å². The van der Waals surface area contributed by atoms with Crippen LogP contribution < -0.4 is 11.3 Å². The molecule has 2 fully saturated rings. The maximum atomic E-state index is 5.86. The van der Waals surface area contributed by atoms with E-state index in [1.807, 2.05) is 0 Å². The van der Waals surface area contributed by atoms with Crippen molar-refractivity contribution in [2.45, 2.75) is 50.3 Å². The van der Waals surface area contributed by atoms with Gasteiger partial charge in [0.2, 0.25) is 0 Å². The quantitative estimate of drug-likeness (QED) is 0.618. The number of morpholine rings is 1. The minimum absolute atomic E-state index is 0.111. The molecule has 1 aromatic rings. The van der Waals surface area contributed by atoms with E-state index in [0.717, 1.165) is 31.8 Å². The number of rotatable bonds is 5. The molecule has 0 aromatic carbocycles. The van der Waals surface area contributed by atoms with Crippen LogP contribution in [0.15, 0.2) is 12.3 Å². The molecule has 2 unspecified atom stereocenters. The van der Waals surface area contributed by atoms with Gasteiger partial charge in [-0.15, -0.1) is 0 Å². The van der Waals surface area contributed by atoms with Gasteiger partial charge in [0.25, 0.3) is 0 Å². The van der Waals surface area contributed by atoms with Gasteiger partial charge in [-0.25, -0.2) is 0 Å². The van der Waals surface area contributed by atoms with Gasteiger partial charge in [0.05, 0.1) is 30.5 Å². The molecule has 1 aliphatic carbocycles. The summed E-state index contributed by atoms with van der Waals surface area (Å²) < 4.78 is 8.00. The molecule has 1 saturated carbocycles. The van der Waals surface area contributed by atoms with Crippen LogP contribution in [0.3, 0.4) is 0 Å². The largest absolute Gasteiger partial charge is 0.374 e. The lowest BCUT2D eigenvalue weighted by Gasteiger charge is -2.34. The van der Waals surface area contributed by atoms with Crippen molar-refractivity contribution in [2.75, 3.05) is 26.7 Å². The first-order valence-electron chi connectivity index (χ1n) is 8.06. The van der Waals surface area contributed by atoms with E-state index < -0.39 is 0 Å². The molecule has 0 spiro atoms. The number of nitrogens with one attached hydrogen (secondary N) is 1. The summed E-state index contributed by atoms with van der Waals surface area (Å²) in [5, 5.41) is 4.75. The van der Waals surface area contributed by atoms with Crippen molar-refractivity contribution in [3.8, 4) is 0 Å². The number of nitrogens with two attached hydrogens (primary N) is 1. The highest BCUT2D eigenvalue weighted by Gasteiger charge is 2.27. The molecule has 2 heterocycles. The van der Waals surface area contributed by atoms with Crippen molar-refractivity contribution in [1.29, 1.82) is 0 Å². The third kappa shape index (κ3) is 3.63. The monoisotopic (exact) mass is 293 g/mol. The van der Waals surface area contributed by atoms with Gasteiger partial charge in [-0.3, -0.25) is 16.0 Å². The Morgan fingerprint density at radius 2 is 2.29 bits per heavy atom. The fourth-order valence-corrected chi connectivity index (χ4v) is 3.44. The first-order valence-corrected chi connectivity index (χ1v) is 8.06. The predicted molar refractivity (Wildman–Crippen MR) is 81.8 cm³/mol. The second-order valence-electron chi connectivity index (χ2n) is 6.37. The molecule has 2 aliphatic rings. The molecule has 118 valence electrons. The van der Waals surface area contributed by atoms with E-state index in [2.05, 4.69) is 34.3 Å². The van der Waals surface area contributed by atoms with Crippen LogP contribution in [0.4, 0.5) is 0 Å². The smallest absolute Gasteiger partial charge is 0.0872 e. The van der Waals surface area contributed by atoms with E-state index in [1.165, 1.54) is 25.7 Å². The normalized spacial score (nSPS) is 26.3. The molecular formula is C15H27N5O. The minimum Gasteiger partial charge on any atom is -0.374 e. The number of hydrogen-bond acceptors (Lipinski definition) is 5. The van der Waals surface area contributed by atoms with E-state index in [1.54, 1.807) is 0 Å². The van der Waals surface area contributed by atoms with Gasteiger partial charge in [-0.1, -0.05) is 12.8 Å². The van der Waals surface area contributed by atoms with Crippen molar-refractivity contribution < 1.29 is 4.74 Å². The van der Waals surface area contributed by atoms with E-state index >= 15 is 0 Å². The lowest BCUT2D eigenvalue weighted by atomic mass is 10.0. The Hall–Kier alpha value is -0.950. The van der Waals surface area contributed by atoms with Gasteiger partial charge in [0.1, 0.15) is 0 Å². The van der Waals surface area contributed by atoms with Crippen molar-refractivity contribution in [3.05, 3.63) is 18.0 Å². The average molecular weight is 293 g/mol. The van der Waals surface area contributed by atoms with Crippen LogP contribution >= 0.6 is 0 Å². The predicted octanol–water partition coefficient (Wildman–Crippen LogP) is 0.703. The molecule has 0 radical (unpaired) electrons. The Kier molecular flexibility index (Phi) is 4.90. The number of likely N-dealkylation sites (N-methyl/N-ethyl adjacent to an activating group) is 1. The van der Waals surface area contributed by atoms with E-state index in [4.69, 9.17) is 15.7 Å². The fraction of sp³-hybridized carbons (Fsp3) is 0.800. The molecule has 2 atom stereocenters. The Bertz CT molecular complexity index is 443. The Morgan fingerprint density at radius 1 is 1.48 bits per heavy atom. The summed E-state index contributed by atoms with van der Waals surface area (Å²) in [5.74, 6) is 5.74. The van der Waals surface area contributed by atoms with Crippen LogP contribution in [0.5, 0.6) is 0 Å². The zero-order valence-corrected chi connectivity index (χ0v) is 12.9. The van der Waals surface area contributed by atoms with Crippen LogP contribution in [0.2, 0.25) is 0 Å². The van der Waals surface area contributed by atoms with Gasteiger partial charge in [-0.2, -0.15) is 5.10 Å². The molecule has 0 bridgehead atoms. The maximum absolute atomic E-state index is 5.86. The third-order valence-corrected chi connectivity index (χ3v) is 4.75. The van der Waals surface area contributed by atoms with Crippen LogP contribution in [0, 0.1) is 0 Å². The van der Waals surface area contributed by atoms with E-state index in [9.17, 15) is 0 Å². The van der Waals surface area contributed by atoms with Gasteiger partial charge < -0.3 is 9.64 Å². The number of aromatic nitrogens is 2. The molecule has 3 rings (SSSR count). The van der Waals surface area contributed by atoms with Crippen molar-refractivity contribution in [3.63, 3.8) is 0 Å². The van der Waals surface area contributed by atoms with E-state index in [0.29, 0.717) is 6.04 Å². The molecular weight excluding hydrogens is 266 g/mol. The highest BCUT2D eigenvalue weighted by molar-refractivity contribution is 5.04. The Balaban J connectivity index is 1.60. The molecule has 21 heavy (non-hydrogen) atoms. The zero-order chi connectivity index (χ0) is 14.7. The molecule has 1 aliphatic heterocycles. The highest BCUT2D eigenvalue weighted by Crippen LogP contribution is 2.28. The van der Waals surface area contributed by atoms with Crippen molar-refractivity contribution in [1.82, 2.24) is 20.1 Å². The summed E-state index contributed by atoms with van der Waals surface area (Å²) in [7, 11) is 2.12. The molecule has 3 N–H and O–H groups in total. The SMILES string of the molecule is CN1CCOC(C(Cc2ccn(C3CCCC3)n2)NN)C1. The average Bonchev–Trinajstić information content (AvgIpc) is 3.15. The van der Waals surface area contributed by atoms with Crippen LogP contribution in [0.1, 0.15) is 37.4 Å². The van der Waals surface area contributed by atoms with Crippen LogP contribution in [-0.2, 0) is 11.2 Å². The van der Waals surface area contributed by atoms with Crippen LogP contribution in [0.25, 0.3) is 0 Å². The number of hydrogen-bond donors (Lipinski definition) is 2. The summed E-state index contributed by atoms with van der Waals surface area (Å²) in [5.41, 5.74) is 4.02. The number of ether oxygens (including phenoxy) is 1. The first kappa shape index (κ1) is 15.0. The van der Waals surface area contributed by atoms with Crippen molar-refractivity contribution in [2.24, 2.45) is 5.84 Å². The summed E-state index contributed by atoms with van der Waals surface area (Å²) in [6.07, 6.45) is 8.24. The first-order chi connectivity index (χ1) is 10.3. The summed E-state index contributed by atoms with van der Waals surface area (Å²) in [4.78, 5) is 2.29. The third-order valence-electron chi connectivity index (χ3n) is 4.75. The van der Waals surface area contributed by atoms with Gasteiger partial charge in [0.15, 0.2) is 0 Å². The lowest BCUT2D eigenvalue weighted by Crippen LogP contribution is -2.54. The molecule has 1 saturated heterocycles. The lowest BCUT2D eigenvalue weighted by molar-refractivity contribution is -0.0386.